The quantitative estimate of drug-likeness (QED) is 0.524. The average Bonchev–Trinajstić information content (AvgIpc) is 2.68. The van der Waals surface area contributed by atoms with Crippen LogP contribution in [0, 0.1) is 5.82 Å². The van der Waals surface area contributed by atoms with Gasteiger partial charge in [0.2, 0.25) is 5.56 Å². The number of aromatic nitrogens is 3. The second-order valence-corrected chi connectivity index (χ2v) is 6.68. The third kappa shape index (κ3) is 4.64. The number of hydrogen-bond donors (Lipinski definition) is 3. The van der Waals surface area contributed by atoms with Crippen LogP contribution in [-0.4, -0.2) is 21.1 Å². The summed E-state index contributed by atoms with van der Waals surface area (Å²) in [7, 11) is 0. The fourth-order valence-electron chi connectivity index (χ4n) is 2.44. The Hall–Kier alpha value is -3.17. The van der Waals surface area contributed by atoms with Gasteiger partial charge in [-0.15, -0.1) is 10.2 Å². The van der Waals surface area contributed by atoms with Gasteiger partial charge in [-0.2, -0.15) is 0 Å². The molecule has 0 fully saturated rings. The highest BCUT2D eigenvalue weighted by Gasteiger charge is 2.21. The van der Waals surface area contributed by atoms with Crippen molar-refractivity contribution in [1.82, 2.24) is 15.2 Å². The first-order valence-electron chi connectivity index (χ1n) is 8.19. The van der Waals surface area contributed by atoms with E-state index < -0.39 is 17.8 Å². The molecule has 1 amide bonds. The number of nitrogen functional groups attached to an aromatic ring is 1. The van der Waals surface area contributed by atoms with E-state index in [-0.39, 0.29) is 38.4 Å². The number of pyridine rings is 1. The number of amides is 1. The third-order valence-electron chi connectivity index (χ3n) is 3.85. The lowest BCUT2D eigenvalue weighted by atomic mass is 10.1. The zero-order valence-corrected chi connectivity index (χ0v) is 16.4. The van der Waals surface area contributed by atoms with Crippen LogP contribution in [0.1, 0.15) is 29.1 Å². The normalized spacial score (nSPS) is 11.7. The van der Waals surface area contributed by atoms with Gasteiger partial charge in [-0.25, -0.2) is 4.39 Å². The van der Waals surface area contributed by atoms with Crippen LogP contribution in [0.2, 0.25) is 10.0 Å². The van der Waals surface area contributed by atoms with Crippen LogP contribution in [0.25, 0.3) is 0 Å². The number of nitrogens with zero attached hydrogens (tertiary/aromatic N) is 2. The molecule has 11 heteroatoms. The maximum absolute atomic E-state index is 13.8. The number of hydrogen-bond acceptors (Lipinski definition) is 6. The van der Waals surface area contributed by atoms with Gasteiger partial charge in [0.05, 0.1) is 10.7 Å². The number of ether oxygens (including phenoxy) is 1. The van der Waals surface area contributed by atoms with Crippen molar-refractivity contribution in [2.24, 2.45) is 0 Å². The Labute approximate surface area is 173 Å². The number of H-pyrrole nitrogens is 1. The lowest BCUT2D eigenvalue weighted by Crippen LogP contribution is -2.17. The highest BCUT2D eigenvalue weighted by Crippen LogP contribution is 2.35. The molecule has 3 aromatic rings. The number of nitrogens with one attached hydrogen (secondary N) is 2. The summed E-state index contributed by atoms with van der Waals surface area (Å²) in [6.07, 6.45) is 0.533. The number of aromatic amines is 1. The molecule has 1 aromatic carbocycles. The topological polar surface area (TPSA) is 123 Å². The van der Waals surface area contributed by atoms with E-state index in [0.29, 0.717) is 5.69 Å². The number of nitrogens with two attached hydrogens (primary N) is 1. The van der Waals surface area contributed by atoms with E-state index in [4.69, 9.17) is 33.7 Å². The first kappa shape index (κ1) is 20.6. The Balaban J connectivity index is 1.84. The molecule has 0 aliphatic heterocycles. The molecule has 0 saturated carbocycles. The number of halogens is 3. The summed E-state index contributed by atoms with van der Waals surface area (Å²) in [6, 6.07) is 6.46. The van der Waals surface area contributed by atoms with Gasteiger partial charge in [-0.05, 0) is 25.1 Å². The van der Waals surface area contributed by atoms with Gasteiger partial charge in [0, 0.05) is 28.9 Å². The van der Waals surface area contributed by atoms with Crippen LogP contribution in [0.3, 0.4) is 0 Å². The zero-order chi connectivity index (χ0) is 21.1. The van der Waals surface area contributed by atoms with E-state index in [9.17, 15) is 14.0 Å². The van der Waals surface area contributed by atoms with Crippen LogP contribution in [0.4, 0.5) is 15.9 Å². The van der Waals surface area contributed by atoms with Crippen LogP contribution in [0.15, 0.2) is 41.3 Å². The van der Waals surface area contributed by atoms with Gasteiger partial charge < -0.3 is 20.8 Å². The first-order chi connectivity index (χ1) is 13.8. The molecule has 1 unspecified atom stereocenters. The van der Waals surface area contributed by atoms with Crippen molar-refractivity contribution < 1.29 is 13.9 Å². The molecule has 0 saturated heterocycles. The minimum atomic E-state index is -0.799. The van der Waals surface area contributed by atoms with E-state index in [2.05, 4.69) is 20.5 Å². The monoisotopic (exact) mass is 437 g/mol. The minimum absolute atomic E-state index is 0.0375. The zero-order valence-electron chi connectivity index (χ0n) is 14.9. The largest absolute Gasteiger partial charge is 0.482 e. The summed E-state index contributed by atoms with van der Waals surface area (Å²) in [5.74, 6) is -1.30. The maximum Gasteiger partial charge on any atom is 0.276 e. The summed E-state index contributed by atoms with van der Waals surface area (Å²) in [6.45, 7) is 1.59. The molecule has 0 aliphatic rings. The predicted octanol–water partition coefficient (Wildman–Crippen LogP) is 3.59. The summed E-state index contributed by atoms with van der Waals surface area (Å²) >= 11 is 12.1. The first-order valence-corrected chi connectivity index (χ1v) is 8.95. The number of rotatable bonds is 5. The predicted molar refractivity (Wildman–Crippen MR) is 107 cm³/mol. The Morgan fingerprint density at radius 3 is 2.72 bits per heavy atom. The molecule has 8 nitrogen and oxygen atoms in total. The number of anilines is 2. The van der Waals surface area contributed by atoms with Crippen molar-refractivity contribution in [1.29, 1.82) is 0 Å². The SMILES string of the molecule is CC(Oc1cc(C(=O)Nc2ccc(=O)[nH]c2)nnc1N)c1c(Cl)ccc(F)c1Cl. The summed E-state index contributed by atoms with van der Waals surface area (Å²) in [5.41, 5.74) is 5.95. The van der Waals surface area contributed by atoms with Crippen molar-refractivity contribution in [2.75, 3.05) is 11.1 Å². The molecule has 3 rings (SSSR count). The van der Waals surface area contributed by atoms with Crippen LogP contribution in [-0.2, 0) is 0 Å². The molecule has 0 radical (unpaired) electrons. The van der Waals surface area contributed by atoms with Crippen molar-refractivity contribution in [3.05, 3.63) is 74.0 Å². The van der Waals surface area contributed by atoms with Crippen LogP contribution < -0.4 is 21.3 Å². The Kier molecular flexibility index (Phi) is 6.00. The Morgan fingerprint density at radius 2 is 2.03 bits per heavy atom. The molecule has 29 heavy (non-hydrogen) atoms. The van der Waals surface area contributed by atoms with Gasteiger partial charge in [0.15, 0.2) is 17.3 Å². The number of carbonyl (C=O) groups is 1. The van der Waals surface area contributed by atoms with Crippen molar-refractivity contribution >= 4 is 40.6 Å². The molecule has 150 valence electrons. The second kappa shape index (κ2) is 8.46. The minimum Gasteiger partial charge on any atom is -0.482 e. The molecule has 2 heterocycles. The molecule has 2 aromatic heterocycles. The van der Waals surface area contributed by atoms with Gasteiger partial charge in [-0.1, -0.05) is 23.2 Å². The number of carbonyl (C=O) groups excluding carboxylic acids is 1. The van der Waals surface area contributed by atoms with Crippen LogP contribution in [0.5, 0.6) is 5.75 Å². The second-order valence-electron chi connectivity index (χ2n) is 5.89. The lowest BCUT2D eigenvalue weighted by molar-refractivity contribution is 0.102. The number of benzene rings is 1. The summed E-state index contributed by atoms with van der Waals surface area (Å²) in [5, 5.41) is 10.0. The molecule has 4 N–H and O–H groups in total. The Morgan fingerprint density at radius 1 is 1.28 bits per heavy atom. The standard InChI is InChI=1S/C18H14Cl2FN5O3/c1-8(15-10(19)3-4-11(21)16(15)20)29-13-6-12(25-26-17(13)22)18(28)24-9-2-5-14(27)23-7-9/h2-8H,1H3,(H2,22,26)(H,23,27)(H,24,28). The smallest absolute Gasteiger partial charge is 0.276 e. The van der Waals surface area contributed by atoms with Crippen molar-refractivity contribution in [3.8, 4) is 5.75 Å². The van der Waals surface area contributed by atoms with E-state index >= 15 is 0 Å². The molecule has 1 atom stereocenters. The third-order valence-corrected chi connectivity index (χ3v) is 4.56. The highest BCUT2D eigenvalue weighted by atomic mass is 35.5. The van der Waals surface area contributed by atoms with Crippen molar-refractivity contribution in [3.63, 3.8) is 0 Å². The van der Waals surface area contributed by atoms with Crippen molar-refractivity contribution in [2.45, 2.75) is 13.0 Å². The van der Waals surface area contributed by atoms with E-state index in [1.54, 1.807) is 6.92 Å². The van der Waals surface area contributed by atoms with E-state index in [0.717, 1.165) is 6.07 Å². The fourth-order valence-corrected chi connectivity index (χ4v) is 3.12. The molecular formula is C18H14Cl2FN5O3. The van der Waals surface area contributed by atoms with Gasteiger partial charge in [-0.3, -0.25) is 9.59 Å². The molecular weight excluding hydrogens is 424 g/mol. The molecule has 0 aliphatic carbocycles. The Bertz CT molecular complexity index is 1120. The summed E-state index contributed by atoms with van der Waals surface area (Å²) in [4.78, 5) is 25.9. The average molecular weight is 438 g/mol. The van der Waals surface area contributed by atoms with Gasteiger partial charge in [0.1, 0.15) is 11.9 Å². The molecule has 0 spiro atoms. The van der Waals surface area contributed by atoms with E-state index in [1.165, 1.54) is 30.5 Å². The van der Waals surface area contributed by atoms with Gasteiger partial charge >= 0.3 is 0 Å². The lowest BCUT2D eigenvalue weighted by Gasteiger charge is -2.18. The van der Waals surface area contributed by atoms with Gasteiger partial charge in [0.25, 0.3) is 5.91 Å². The van der Waals surface area contributed by atoms with E-state index in [1.807, 2.05) is 0 Å². The molecule has 0 bridgehead atoms. The van der Waals surface area contributed by atoms with Crippen LogP contribution >= 0.6 is 23.2 Å². The fraction of sp³-hybridized carbons (Fsp3) is 0.111. The maximum atomic E-state index is 13.8. The highest BCUT2D eigenvalue weighted by molar-refractivity contribution is 6.36. The summed E-state index contributed by atoms with van der Waals surface area (Å²) < 4.78 is 19.5.